The summed E-state index contributed by atoms with van der Waals surface area (Å²) in [5.41, 5.74) is 2.42. The highest BCUT2D eigenvalue weighted by Crippen LogP contribution is 2.23. The second-order valence-corrected chi connectivity index (χ2v) is 6.30. The lowest BCUT2D eigenvalue weighted by molar-refractivity contribution is -0.128. The number of carbonyl (C=O) groups is 2. The number of anilines is 1. The number of fused-ring (bicyclic) bond motifs is 1. The van der Waals surface area contributed by atoms with Gasteiger partial charge in [-0.15, -0.1) is 0 Å². The Labute approximate surface area is 144 Å². The molecule has 3 heterocycles. The molecule has 3 aromatic rings. The number of hydrogen-bond acceptors (Lipinski definition) is 4. The maximum absolute atomic E-state index is 12.5. The molecule has 2 amide bonds. The molecular weight excluding hydrogens is 320 g/mol. The fourth-order valence-electron chi connectivity index (χ4n) is 3.15. The van der Waals surface area contributed by atoms with E-state index in [1.807, 2.05) is 31.2 Å². The molecule has 1 fully saturated rings. The molecule has 4 rings (SSSR count). The van der Waals surface area contributed by atoms with E-state index in [9.17, 15) is 9.59 Å². The van der Waals surface area contributed by atoms with Crippen LogP contribution in [-0.2, 0) is 16.1 Å². The van der Waals surface area contributed by atoms with Crippen molar-refractivity contribution in [3.8, 4) is 0 Å². The van der Waals surface area contributed by atoms with Gasteiger partial charge >= 0.3 is 0 Å². The number of carbonyl (C=O) groups excluding carboxylic acids is 2. The van der Waals surface area contributed by atoms with Gasteiger partial charge in [-0.3, -0.25) is 9.59 Å². The molecule has 0 spiro atoms. The Balaban J connectivity index is 1.42. The van der Waals surface area contributed by atoms with Crippen LogP contribution in [-0.4, -0.2) is 33.2 Å². The van der Waals surface area contributed by atoms with Gasteiger partial charge in [-0.05, 0) is 37.3 Å². The van der Waals surface area contributed by atoms with Crippen molar-refractivity contribution < 1.29 is 14.0 Å². The maximum atomic E-state index is 12.5. The molecule has 25 heavy (non-hydrogen) atoms. The average molecular weight is 338 g/mol. The van der Waals surface area contributed by atoms with E-state index in [2.05, 4.69) is 15.3 Å². The molecule has 1 saturated heterocycles. The molecule has 0 saturated carbocycles. The molecule has 0 radical (unpaired) electrons. The van der Waals surface area contributed by atoms with E-state index in [-0.39, 0.29) is 24.2 Å². The first-order valence-electron chi connectivity index (χ1n) is 8.16. The van der Waals surface area contributed by atoms with Crippen LogP contribution < -0.4 is 5.32 Å². The zero-order chi connectivity index (χ0) is 17.4. The minimum atomic E-state index is -0.360. The molecule has 128 valence electrons. The van der Waals surface area contributed by atoms with Gasteiger partial charge in [0.15, 0.2) is 0 Å². The molecule has 1 aliphatic heterocycles. The summed E-state index contributed by atoms with van der Waals surface area (Å²) in [6, 6.07) is 9.13. The van der Waals surface area contributed by atoms with Crippen molar-refractivity contribution in [1.82, 2.24) is 14.9 Å². The zero-order valence-corrected chi connectivity index (χ0v) is 13.8. The first-order chi connectivity index (χ1) is 12.1. The van der Waals surface area contributed by atoms with Crippen LogP contribution in [0.4, 0.5) is 5.69 Å². The molecule has 1 atom stereocenters. The number of aromatic amines is 1. The molecule has 0 bridgehead atoms. The second-order valence-electron chi connectivity index (χ2n) is 6.30. The van der Waals surface area contributed by atoms with Crippen molar-refractivity contribution in [2.24, 2.45) is 5.92 Å². The number of likely N-dealkylation sites (tertiary alicyclic amines) is 1. The summed E-state index contributed by atoms with van der Waals surface area (Å²) in [4.78, 5) is 33.8. The van der Waals surface area contributed by atoms with E-state index in [0.717, 1.165) is 22.6 Å². The van der Waals surface area contributed by atoms with Crippen LogP contribution in [0.1, 0.15) is 18.0 Å². The highest BCUT2D eigenvalue weighted by molar-refractivity contribution is 5.98. The van der Waals surface area contributed by atoms with E-state index >= 15 is 0 Å². The van der Waals surface area contributed by atoms with E-state index in [0.29, 0.717) is 18.8 Å². The zero-order valence-electron chi connectivity index (χ0n) is 13.8. The van der Waals surface area contributed by atoms with Crippen LogP contribution in [0.3, 0.4) is 0 Å². The monoisotopic (exact) mass is 338 g/mol. The number of H-pyrrole nitrogens is 1. The van der Waals surface area contributed by atoms with E-state index in [1.165, 1.54) is 0 Å². The summed E-state index contributed by atoms with van der Waals surface area (Å²) in [6.07, 6.45) is 1.80. The molecule has 7 nitrogen and oxygen atoms in total. The first kappa shape index (κ1) is 15.4. The summed E-state index contributed by atoms with van der Waals surface area (Å²) in [7, 11) is 0. The lowest BCUT2D eigenvalue weighted by Crippen LogP contribution is -2.27. The Hall–Kier alpha value is -3.09. The Morgan fingerprint density at radius 1 is 1.44 bits per heavy atom. The van der Waals surface area contributed by atoms with Gasteiger partial charge in [-0.25, -0.2) is 4.98 Å². The number of hydrogen-bond donors (Lipinski definition) is 2. The highest BCUT2D eigenvalue weighted by atomic mass is 16.3. The molecule has 2 N–H and O–H groups in total. The van der Waals surface area contributed by atoms with Crippen molar-refractivity contribution >= 4 is 28.5 Å². The SMILES string of the molecule is Cc1nc2ccc(NC(=O)[C@@H]3CC(=O)N(Cc4ccco4)C3)cc2[nH]1. The lowest BCUT2D eigenvalue weighted by Gasteiger charge is -2.15. The van der Waals surface area contributed by atoms with Crippen molar-refractivity contribution in [3.05, 3.63) is 48.2 Å². The molecular formula is C18H18N4O3. The summed E-state index contributed by atoms with van der Waals surface area (Å²) < 4.78 is 5.27. The van der Waals surface area contributed by atoms with Gasteiger partial charge in [-0.2, -0.15) is 0 Å². The van der Waals surface area contributed by atoms with Gasteiger partial charge in [-0.1, -0.05) is 0 Å². The van der Waals surface area contributed by atoms with E-state index in [4.69, 9.17) is 4.42 Å². The van der Waals surface area contributed by atoms with Crippen LogP contribution in [0.25, 0.3) is 11.0 Å². The largest absolute Gasteiger partial charge is 0.467 e. The average Bonchev–Trinajstić information content (AvgIpc) is 3.28. The summed E-state index contributed by atoms with van der Waals surface area (Å²) >= 11 is 0. The minimum Gasteiger partial charge on any atom is -0.467 e. The fraction of sp³-hybridized carbons (Fsp3) is 0.278. The summed E-state index contributed by atoms with van der Waals surface area (Å²) in [6.45, 7) is 2.68. The predicted molar refractivity (Wildman–Crippen MR) is 91.7 cm³/mol. The predicted octanol–water partition coefficient (Wildman–Crippen LogP) is 2.45. The van der Waals surface area contributed by atoms with Crippen LogP contribution in [0.15, 0.2) is 41.0 Å². The number of rotatable bonds is 4. The number of aryl methyl sites for hydroxylation is 1. The Morgan fingerprint density at radius 2 is 2.32 bits per heavy atom. The third kappa shape index (κ3) is 3.13. The van der Waals surface area contributed by atoms with E-state index in [1.54, 1.807) is 17.2 Å². The van der Waals surface area contributed by atoms with Crippen molar-refractivity contribution in [1.29, 1.82) is 0 Å². The minimum absolute atomic E-state index is 0.0313. The summed E-state index contributed by atoms with van der Waals surface area (Å²) in [5.74, 6) is 1.01. The van der Waals surface area contributed by atoms with Gasteiger partial charge < -0.3 is 19.6 Å². The quantitative estimate of drug-likeness (QED) is 0.764. The molecule has 0 aliphatic carbocycles. The van der Waals surface area contributed by atoms with E-state index < -0.39 is 0 Å². The number of aromatic nitrogens is 2. The van der Waals surface area contributed by atoms with Crippen LogP contribution >= 0.6 is 0 Å². The van der Waals surface area contributed by atoms with Crippen molar-refractivity contribution in [2.45, 2.75) is 19.9 Å². The van der Waals surface area contributed by atoms with Gasteiger partial charge in [0.1, 0.15) is 11.6 Å². The van der Waals surface area contributed by atoms with Crippen molar-refractivity contribution in [3.63, 3.8) is 0 Å². The lowest BCUT2D eigenvalue weighted by atomic mass is 10.1. The molecule has 0 unspecified atom stereocenters. The van der Waals surface area contributed by atoms with Gasteiger partial charge in [0.2, 0.25) is 11.8 Å². The van der Waals surface area contributed by atoms with Gasteiger partial charge in [0.05, 0.1) is 29.8 Å². The second kappa shape index (κ2) is 6.08. The third-order valence-electron chi connectivity index (χ3n) is 4.38. The molecule has 2 aromatic heterocycles. The third-order valence-corrected chi connectivity index (χ3v) is 4.38. The topological polar surface area (TPSA) is 91.2 Å². The first-order valence-corrected chi connectivity index (χ1v) is 8.16. The summed E-state index contributed by atoms with van der Waals surface area (Å²) in [5, 5.41) is 2.90. The number of amides is 2. The number of nitrogens with one attached hydrogen (secondary N) is 2. The number of benzene rings is 1. The van der Waals surface area contributed by atoms with Gasteiger partial charge in [0, 0.05) is 18.7 Å². The highest BCUT2D eigenvalue weighted by Gasteiger charge is 2.34. The normalized spacial score (nSPS) is 17.4. The number of imidazole rings is 1. The van der Waals surface area contributed by atoms with Gasteiger partial charge in [0.25, 0.3) is 0 Å². The molecule has 1 aromatic carbocycles. The van der Waals surface area contributed by atoms with Crippen molar-refractivity contribution in [2.75, 3.05) is 11.9 Å². The molecule has 1 aliphatic rings. The Morgan fingerprint density at radius 3 is 3.12 bits per heavy atom. The Kier molecular flexibility index (Phi) is 3.76. The molecule has 7 heteroatoms. The van der Waals surface area contributed by atoms with Crippen LogP contribution in [0.2, 0.25) is 0 Å². The smallest absolute Gasteiger partial charge is 0.229 e. The maximum Gasteiger partial charge on any atom is 0.229 e. The standard InChI is InChI=1S/C18H18N4O3/c1-11-19-15-5-4-13(8-16(15)20-11)21-18(24)12-7-17(23)22(9-12)10-14-3-2-6-25-14/h2-6,8,12H,7,9-10H2,1H3,(H,19,20)(H,21,24)/t12-/m1/s1. The number of nitrogens with zero attached hydrogens (tertiary/aromatic N) is 2. The van der Waals surface area contributed by atoms with Crippen LogP contribution in [0.5, 0.6) is 0 Å². The number of furan rings is 1. The van der Waals surface area contributed by atoms with Crippen LogP contribution in [0, 0.1) is 12.8 Å². The Bertz CT molecular complexity index is 929. The fourth-order valence-corrected chi connectivity index (χ4v) is 3.15.